The molecular formula is C21H22Br2N4O3S. The van der Waals surface area contributed by atoms with Crippen LogP contribution in [0.4, 0.5) is 5.69 Å². The molecule has 1 amide bonds. The minimum atomic E-state index is -0.115. The third-order valence-electron chi connectivity index (χ3n) is 4.45. The molecule has 0 bridgehead atoms. The van der Waals surface area contributed by atoms with E-state index in [1.54, 1.807) is 14.2 Å². The van der Waals surface area contributed by atoms with Crippen LogP contribution < -0.4 is 14.8 Å². The van der Waals surface area contributed by atoms with Crippen LogP contribution in [-0.4, -0.2) is 40.6 Å². The van der Waals surface area contributed by atoms with Gasteiger partial charge in [-0.2, -0.15) is 0 Å². The van der Waals surface area contributed by atoms with Crippen LogP contribution in [0.2, 0.25) is 0 Å². The number of benzene rings is 2. The Kier molecular flexibility index (Phi) is 8.39. The van der Waals surface area contributed by atoms with Crippen LogP contribution in [0.1, 0.15) is 18.3 Å². The van der Waals surface area contributed by atoms with Crippen molar-refractivity contribution in [1.82, 2.24) is 14.8 Å². The number of ether oxygens (including phenoxy) is 2. The van der Waals surface area contributed by atoms with Gasteiger partial charge in [-0.1, -0.05) is 33.8 Å². The second kappa shape index (κ2) is 11.0. The summed E-state index contributed by atoms with van der Waals surface area (Å²) in [4.78, 5) is 12.4. The van der Waals surface area contributed by atoms with Crippen molar-refractivity contribution in [3.63, 3.8) is 0 Å². The van der Waals surface area contributed by atoms with Gasteiger partial charge in [-0.25, -0.2) is 0 Å². The monoisotopic (exact) mass is 568 g/mol. The third kappa shape index (κ3) is 6.02. The molecule has 1 heterocycles. The fourth-order valence-electron chi connectivity index (χ4n) is 2.96. The molecule has 0 aliphatic rings. The zero-order valence-electron chi connectivity index (χ0n) is 17.3. The molecule has 31 heavy (non-hydrogen) atoms. The van der Waals surface area contributed by atoms with E-state index in [-0.39, 0.29) is 11.7 Å². The lowest BCUT2D eigenvalue weighted by Gasteiger charge is -2.11. The number of thioether (sulfide) groups is 1. The standard InChI is InChI=1S/C21H22Br2N4O3S/c1-4-27-19(10-13-5-8-17(29-2)18(9-13)30-3)25-26-21(27)31-12-20(28)24-16-11-14(22)6-7-15(16)23/h5-9,11H,4,10,12H2,1-3H3,(H,24,28). The molecule has 164 valence electrons. The zero-order chi connectivity index (χ0) is 22.4. The molecule has 0 spiro atoms. The lowest BCUT2D eigenvalue weighted by atomic mass is 10.1. The predicted molar refractivity (Wildman–Crippen MR) is 129 cm³/mol. The van der Waals surface area contributed by atoms with Gasteiger partial charge in [0.15, 0.2) is 16.7 Å². The van der Waals surface area contributed by atoms with Gasteiger partial charge in [0, 0.05) is 21.9 Å². The molecule has 7 nitrogen and oxygen atoms in total. The van der Waals surface area contributed by atoms with Gasteiger partial charge in [-0.05, 0) is 58.7 Å². The first kappa shape index (κ1) is 23.6. The molecule has 0 aliphatic heterocycles. The fraction of sp³-hybridized carbons (Fsp3) is 0.286. The molecular weight excluding hydrogens is 548 g/mol. The largest absolute Gasteiger partial charge is 0.493 e. The van der Waals surface area contributed by atoms with Crippen molar-refractivity contribution in [2.45, 2.75) is 25.0 Å². The Hall–Kier alpha value is -2.04. The van der Waals surface area contributed by atoms with E-state index in [4.69, 9.17) is 9.47 Å². The molecule has 0 aliphatic carbocycles. The van der Waals surface area contributed by atoms with Crippen molar-refractivity contribution in [3.05, 3.63) is 56.7 Å². The van der Waals surface area contributed by atoms with Gasteiger partial charge in [-0.15, -0.1) is 10.2 Å². The number of hydrogen-bond acceptors (Lipinski definition) is 6. The number of nitrogens with zero attached hydrogens (tertiary/aromatic N) is 3. The number of rotatable bonds is 9. The minimum absolute atomic E-state index is 0.115. The summed E-state index contributed by atoms with van der Waals surface area (Å²) < 4.78 is 14.4. The topological polar surface area (TPSA) is 78.3 Å². The number of hydrogen-bond donors (Lipinski definition) is 1. The average Bonchev–Trinajstić information content (AvgIpc) is 3.16. The van der Waals surface area contributed by atoms with Crippen molar-refractivity contribution in [2.75, 3.05) is 25.3 Å². The first-order valence-electron chi connectivity index (χ1n) is 9.45. The number of carbonyl (C=O) groups is 1. The van der Waals surface area contributed by atoms with E-state index >= 15 is 0 Å². The van der Waals surface area contributed by atoms with Crippen LogP contribution in [0.3, 0.4) is 0 Å². The lowest BCUT2D eigenvalue weighted by molar-refractivity contribution is -0.113. The molecule has 2 aromatic carbocycles. The number of carbonyl (C=O) groups excluding carboxylic acids is 1. The quantitative estimate of drug-likeness (QED) is 0.359. The maximum Gasteiger partial charge on any atom is 0.234 e. The molecule has 3 rings (SSSR count). The SMILES string of the molecule is CCn1c(Cc2ccc(OC)c(OC)c2)nnc1SCC(=O)Nc1cc(Br)ccc1Br. The molecule has 0 unspecified atom stereocenters. The number of halogens is 2. The van der Waals surface area contributed by atoms with Crippen molar-refractivity contribution >= 4 is 55.2 Å². The Bertz CT molecular complexity index is 1070. The summed E-state index contributed by atoms with van der Waals surface area (Å²) in [7, 11) is 3.23. The van der Waals surface area contributed by atoms with Crippen LogP contribution in [0, 0.1) is 0 Å². The number of anilines is 1. The predicted octanol–water partition coefficient (Wildman–Crippen LogP) is 5.16. The van der Waals surface area contributed by atoms with E-state index in [0.717, 1.165) is 20.3 Å². The highest BCUT2D eigenvalue weighted by atomic mass is 79.9. The molecule has 0 fully saturated rings. The first-order chi connectivity index (χ1) is 14.9. The molecule has 0 saturated carbocycles. The maximum atomic E-state index is 12.4. The third-order valence-corrected chi connectivity index (χ3v) is 6.61. The van der Waals surface area contributed by atoms with E-state index in [9.17, 15) is 4.79 Å². The van der Waals surface area contributed by atoms with Gasteiger partial charge >= 0.3 is 0 Å². The van der Waals surface area contributed by atoms with Gasteiger partial charge < -0.3 is 19.4 Å². The summed E-state index contributed by atoms with van der Waals surface area (Å²) in [6.07, 6.45) is 0.596. The minimum Gasteiger partial charge on any atom is -0.493 e. The molecule has 1 aromatic heterocycles. The van der Waals surface area contributed by atoms with Crippen LogP contribution >= 0.6 is 43.6 Å². The smallest absolute Gasteiger partial charge is 0.234 e. The van der Waals surface area contributed by atoms with Gasteiger partial charge in [0.05, 0.1) is 25.7 Å². The lowest BCUT2D eigenvalue weighted by Crippen LogP contribution is -2.15. The normalized spacial score (nSPS) is 10.7. The second-order valence-electron chi connectivity index (χ2n) is 6.47. The van der Waals surface area contributed by atoms with E-state index in [1.807, 2.05) is 47.9 Å². The van der Waals surface area contributed by atoms with E-state index in [0.29, 0.717) is 35.3 Å². The first-order valence-corrected chi connectivity index (χ1v) is 12.0. The summed E-state index contributed by atoms with van der Waals surface area (Å²) in [6.45, 7) is 2.74. The van der Waals surface area contributed by atoms with Gasteiger partial charge in [0.25, 0.3) is 0 Å². The Labute approximate surface area is 202 Å². The highest BCUT2D eigenvalue weighted by Crippen LogP contribution is 2.29. The van der Waals surface area contributed by atoms with Crippen molar-refractivity contribution in [3.8, 4) is 11.5 Å². The number of amides is 1. The Morgan fingerprint density at radius 1 is 1.10 bits per heavy atom. The second-order valence-corrected chi connectivity index (χ2v) is 9.18. The van der Waals surface area contributed by atoms with Crippen molar-refractivity contribution in [2.24, 2.45) is 0 Å². The number of methoxy groups -OCH3 is 2. The summed E-state index contributed by atoms with van der Waals surface area (Å²) in [5.74, 6) is 2.30. The molecule has 0 radical (unpaired) electrons. The number of aromatic nitrogens is 3. The summed E-state index contributed by atoms with van der Waals surface area (Å²) in [5, 5.41) is 12.3. The highest BCUT2D eigenvalue weighted by molar-refractivity contribution is 9.11. The van der Waals surface area contributed by atoms with E-state index in [2.05, 4.69) is 47.4 Å². The number of nitrogens with one attached hydrogen (secondary N) is 1. The van der Waals surface area contributed by atoms with Gasteiger partial charge in [-0.3, -0.25) is 4.79 Å². The molecule has 0 saturated heterocycles. The van der Waals surface area contributed by atoms with E-state index < -0.39 is 0 Å². The molecule has 3 aromatic rings. The molecule has 1 N–H and O–H groups in total. The van der Waals surface area contributed by atoms with Crippen molar-refractivity contribution < 1.29 is 14.3 Å². The summed E-state index contributed by atoms with van der Waals surface area (Å²) in [5.41, 5.74) is 1.75. The van der Waals surface area contributed by atoms with Crippen LogP contribution in [0.25, 0.3) is 0 Å². The fourth-order valence-corrected chi connectivity index (χ4v) is 4.49. The molecule has 0 atom stereocenters. The van der Waals surface area contributed by atoms with Crippen molar-refractivity contribution in [1.29, 1.82) is 0 Å². The zero-order valence-corrected chi connectivity index (χ0v) is 21.3. The van der Waals surface area contributed by atoms with Gasteiger partial charge in [0.2, 0.25) is 5.91 Å². The van der Waals surface area contributed by atoms with Crippen LogP contribution in [-0.2, 0) is 17.8 Å². The molecule has 10 heteroatoms. The van der Waals surface area contributed by atoms with Crippen LogP contribution in [0.15, 0.2) is 50.5 Å². The Balaban J connectivity index is 1.67. The average molecular weight is 570 g/mol. The van der Waals surface area contributed by atoms with Crippen LogP contribution in [0.5, 0.6) is 11.5 Å². The van der Waals surface area contributed by atoms with Gasteiger partial charge in [0.1, 0.15) is 5.82 Å². The summed E-state index contributed by atoms with van der Waals surface area (Å²) >= 11 is 8.22. The Morgan fingerprint density at radius 2 is 1.87 bits per heavy atom. The van der Waals surface area contributed by atoms with E-state index in [1.165, 1.54) is 11.8 Å². The summed E-state index contributed by atoms with van der Waals surface area (Å²) in [6, 6.07) is 11.4. The maximum absolute atomic E-state index is 12.4. The Morgan fingerprint density at radius 3 is 2.58 bits per heavy atom. The highest BCUT2D eigenvalue weighted by Gasteiger charge is 2.15.